The number of benzene rings is 1. The van der Waals surface area contributed by atoms with E-state index in [2.05, 4.69) is 5.32 Å². The van der Waals surface area contributed by atoms with Crippen molar-refractivity contribution in [3.63, 3.8) is 0 Å². The lowest BCUT2D eigenvalue weighted by molar-refractivity contribution is -0.306. The van der Waals surface area contributed by atoms with Crippen LogP contribution in [-0.2, 0) is 9.59 Å². The zero-order valence-corrected chi connectivity index (χ0v) is 9.25. The van der Waals surface area contributed by atoms with E-state index >= 15 is 0 Å². The number of para-hydroxylation sites is 1. The van der Waals surface area contributed by atoms with Gasteiger partial charge in [-0.3, -0.25) is 4.79 Å². The van der Waals surface area contributed by atoms with Crippen molar-refractivity contribution < 1.29 is 14.7 Å². The van der Waals surface area contributed by atoms with Gasteiger partial charge in [0.25, 0.3) is 0 Å². The molecule has 0 fully saturated rings. The van der Waals surface area contributed by atoms with E-state index in [4.69, 9.17) is 0 Å². The first-order valence-electron chi connectivity index (χ1n) is 4.89. The molecule has 84 valence electrons. The van der Waals surface area contributed by atoms with E-state index in [1.807, 2.05) is 24.3 Å². The molecule has 2 rings (SSSR count). The van der Waals surface area contributed by atoms with Crippen LogP contribution in [0.25, 0.3) is 0 Å². The summed E-state index contributed by atoms with van der Waals surface area (Å²) >= 11 is 1.49. The molecule has 0 aliphatic carbocycles. The van der Waals surface area contributed by atoms with Crippen molar-refractivity contribution >= 4 is 29.3 Å². The van der Waals surface area contributed by atoms with Crippen LogP contribution in [0.3, 0.4) is 0 Å². The summed E-state index contributed by atoms with van der Waals surface area (Å²) in [6.07, 6.45) is -0.229. The minimum Gasteiger partial charge on any atom is -0.550 e. The van der Waals surface area contributed by atoms with Crippen molar-refractivity contribution in [2.24, 2.45) is 5.92 Å². The second-order valence-corrected chi connectivity index (χ2v) is 4.63. The highest BCUT2D eigenvalue weighted by molar-refractivity contribution is 7.99. The molecule has 1 aliphatic heterocycles. The molecule has 1 atom stereocenters. The fourth-order valence-corrected chi connectivity index (χ4v) is 2.65. The highest BCUT2D eigenvalue weighted by Crippen LogP contribution is 2.32. The number of nitrogens with one attached hydrogen (secondary N) is 1. The number of carboxylic acids is 1. The van der Waals surface area contributed by atoms with Gasteiger partial charge in [-0.05, 0) is 18.6 Å². The zero-order valence-electron chi connectivity index (χ0n) is 8.43. The first kappa shape index (κ1) is 11.0. The largest absolute Gasteiger partial charge is 0.550 e. The third-order valence-corrected chi connectivity index (χ3v) is 3.60. The normalized spacial score (nSPS) is 19.5. The highest BCUT2D eigenvalue weighted by atomic mass is 32.2. The predicted octanol–water partition coefficient (Wildman–Crippen LogP) is 0.487. The maximum atomic E-state index is 11.7. The van der Waals surface area contributed by atoms with Crippen LogP contribution >= 0.6 is 11.8 Å². The Morgan fingerprint density at radius 1 is 1.50 bits per heavy atom. The molecule has 0 aromatic heterocycles. The lowest BCUT2D eigenvalue weighted by Crippen LogP contribution is -2.31. The summed E-state index contributed by atoms with van der Waals surface area (Å²) in [5.41, 5.74) is 0.748. The number of rotatable bonds is 2. The topological polar surface area (TPSA) is 69.2 Å². The molecule has 4 nitrogen and oxygen atoms in total. The van der Waals surface area contributed by atoms with Crippen LogP contribution in [0, 0.1) is 5.92 Å². The van der Waals surface area contributed by atoms with Gasteiger partial charge in [0.05, 0.1) is 11.6 Å². The van der Waals surface area contributed by atoms with Crippen LogP contribution in [0.1, 0.15) is 6.42 Å². The second-order valence-electron chi connectivity index (χ2n) is 3.57. The fraction of sp³-hybridized carbons (Fsp3) is 0.273. The summed E-state index contributed by atoms with van der Waals surface area (Å²) in [5, 5.41) is 13.2. The summed E-state index contributed by atoms with van der Waals surface area (Å²) in [6.45, 7) is 0. The number of hydrogen-bond acceptors (Lipinski definition) is 4. The maximum Gasteiger partial charge on any atom is 0.228 e. The molecular weight excluding hydrogens is 226 g/mol. The number of fused-ring (bicyclic) bond motifs is 1. The summed E-state index contributed by atoms with van der Waals surface area (Å²) in [6, 6.07) is 7.43. The van der Waals surface area contributed by atoms with Crippen LogP contribution in [0.2, 0.25) is 0 Å². The number of carbonyl (C=O) groups excluding carboxylic acids is 2. The van der Waals surface area contributed by atoms with Crippen molar-refractivity contribution in [3.8, 4) is 0 Å². The van der Waals surface area contributed by atoms with E-state index in [9.17, 15) is 14.7 Å². The molecule has 1 heterocycles. The lowest BCUT2D eigenvalue weighted by atomic mass is 10.1. The third kappa shape index (κ3) is 2.36. The molecule has 1 aromatic rings. The molecule has 1 aliphatic rings. The fourth-order valence-electron chi connectivity index (χ4n) is 1.55. The number of amides is 1. The molecule has 0 radical (unpaired) electrons. The Labute approximate surface area is 97.0 Å². The van der Waals surface area contributed by atoms with E-state index < -0.39 is 11.9 Å². The van der Waals surface area contributed by atoms with E-state index in [1.165, 1.54) is 11.8 Å². The van der Waals surface area contributed by atoms with Gasteiger partial charge in [-0.2, -0.15) is 0 Å². The van der Waals surface area contributed by atoms with Gasteiger partial charge in [-0.25, -0.2) is 0 Å². The molecule has 0 saturated heterocycles. The summed E-state index contributed by atoms with van der Waals surface area (Å²) in [7, 11) is 0. The second kappa shape index (κ2) is 4.57. The summed E-state index contributed by atoms with van der Waals surface area (Å²) in [5.74, 6) is -1.49. The molecule has 16 heavy (non-hydrogen) atoms. The zero-order chi connectivity index (χ0) is 11.5. The van der Waals surface area contributed by atoms with Crippen LogP contribution in [0.15, 0.2) is 29.2 Å². The number of aliphatic carboxylic acids is 1. The van der Waals surface area contributed by atoms with Crippen LogP contribution in [-0.4, -0.2) is 17.6 Å². The van der Waals surface area contributed by atoms with Crippen LogP contribution in [0.5, 0.6) is 0 Å². The van der Waals surface area contributed by atoms with Gasteiger partial charge >= 0.3 is 0 Å². The number of carbonyl (C=O) groups is 2. The minimum atomic E-state index is -1.19. The Morgan fingerprint density at radius 2 is 2.25 bits per heavy atom. The average Bonchev–Trinajstić information content (AvgIpc) is 2.39. The van der Waals surface area contributed by atoms with Gasteiger partial charge in [0.15, 0.2) is 0 Å². The van der Waals surface area contributed by atoms with Crippen LogP contribution < -0.4 is 10.4 Å². The average molecular weight is 236 g/mol. The number of thioether (sulfide) groups is 1. The Balaban J connectivity index is 2.18. The summed E-state index contributed by atoms with van der Waals surface area (Å²) < 4.78 is 0. The van der Waals surface area contributed by atoms with Crippen molar-refractivity contribution in [2.45, 2.75) is 11.3 Å². The van der Waals surface area contributed by atoms with Gasteiger partial charge < -0.3 is 15.2 Å². The smallest absolute Gasteiger partial charge is 0.228 e. The van der Waals surface area contributed by atoms with Crippen molar-refractivity contribution in [1.29, 1.82) is 0 Å². The molecular formula is C11H10NO3S-. The minimum absolute atomic E-state index is 0.229. The molecule has 1 unspecified atom stereocenters. The Bertz CT molecular complexity index is 433. The van der Waals surface area contributed by atoms with Gasteiger partial charge in [0, 0.05) is 16.6 Å². The SMILES string of the molecule is O=C([O-])CC1CSc2ccccc2NC1=O. The number of carboxylic acid groups (broad SMARTS) is 1. The van der Waals surface area contributed by atoms with Gasteiger partial charge in [-0.1, -0.05) is 12.1 Å². The molecule has 1 aromatic carbocycles. The lowest BCUT2D eigenvalue weighted by Gasteiger charge is -2.12. The molecule has 0 spiro atoms. The molecule has 0 bridgehead atoms. The monoisotopic (exact) mass is 236 g/mol. The first-order chi connectivity index (χ1) is 7.66. The number of hydrogen-bond donors (Lipinski definition) is 1. The standard InChI is InChI=1S/C11H11NO3S/c13-10(14)5-7-6-16-9-4-2-1-3-8(9)12-11(7)15/h1-4,7H,5-6H2,(H,12,15)(H,13,14)/p-1. The van der Waals surface area contributed by atoms with Crippen LogP contribution in [0.4, 0.5) is 5.69 Å². The quantitative estimate of drug-likeness (QED) is 0.811. The van der Waals surface area contributed by atoms with Gasteiger partial charge in [-0.15, -0.1) is 11.8 Å². The third-order valence-electron chi connectivity index (χ3n) is 2.37. The first-order valence-corrected chi connectivity index (χ1v) is 5.88. The Morgan fingerprint density at radius 3 is 3.00 bits per heavy atom. The van der Waals surface area contributed by atoms with Crippen molar-refractivity contribution in [2.75, 3.05) is 11.1 Å². The molecule has 5 heteroatoms. The Kier molecular flexibility index (Phi) is 3.14. The molecule has 0 saturated carbocycles. The van der Waals surface area contributed by atoms with Crippen molar-refractivity contribution in [3.05, 3.63) is 24.3 Å². The molecule has 1 N–H and O–H groups in total. The van der Waals surface area contributed by atoms with E-state index in [0.29, 0.717) is 5.75 Å². The van der Waals surface area contributed by atoms with Crippen molar-refractivity contribution in [1.82, 2.24) is 0 Å². The summed E-state index contributed by atoms with van der Waals surface area (Å²) in [4.78, 5) is 23.2. The van der Waals surface area contributed by atoms with E-state index in [-0.39, 0.29) is 12.3 Å². The predicted molar refractivity (Wildman–Crippen MR) is 58.9 cm³/mol. The van der Waals surface area contributed by atoms with E-state index in [0.717, 1.165) is 10.6 Å². The molecule has 1 amide bonds. The van der Waals surface area contributed by atoms with Gasteiger partial charge in [0.2, 0.25) is 5.91 Å². The maximum absolute atomic E-state index is 11.7. The van der Waals surface area contributed by atoms with Gasteiger partial charge in [0.1, 0.15) is 0 Å². The highest BCUT2D eigenvalue weighted by Gasteiger charge is 2.23. The Hall–Kier alpha value is -1.49. The van der Waals surface area contributed by atoms with E-state index in [1.54, 1.807) is 0 Å². The number of anilines is 1.